The molecule has 0 aromatic heterocycles. The van der Waals surface area contributed by atoms with Crippen LogP contribution in [-0.4, -0.2) is 38.8 Å². The highest BCUT2D eigenvalue weighted by Crippen LogP contribution is 2.35. The van der Waals surface area contributed by atoms with Crippen molar-refractivity contribution >= 4 is 17.4 Å². The van der Waals surface area contributed by atoms with Gasteiger partial charge < -0.3 is 15.0 Å². The Kier molecular flexibility index (Phi) is 5.40. The summed E-state index contributed by atoms with van der Waals surface area (Å²) in [5, 5.41) is 3.34. The number of rotatable bonds is 4. The average Bonchev–Trinajstić information content (AvgIpc) is 2.74. The topological polar surface area (TPSA) is 24.5 Å². The molecule has 1 fully saturated rings. The zero-order valence-corrected chi connectivity index (χ0v) is 12.9. The van der Waals surface area contributed by atoms with Gasteiger partial charge in [0.05, 0.1) is 7.11 Å². The Bertz CT molecular complexity index is 403. The van der Waals surface area contributed by atoms with Crippen LogP contribution < -0.4 is 15.0 Å². The molecule has 3 nitrogen and oxygen atoms in total. The van der Waals surface area contributed by atoms with Crippen molar-refractivity contribution in [3.63, 3.8) is 0 Å². The SMILES string of the molecule is CNC(C)c1c(OC)cccc1N1CCCSCC1. The molecule has 2 rings (SSSR count). The van der Waals surface area contributed by atoms with E-state index in [0.29, 0.717) is 6.04 Å². The van der Waals surface area contributed by atoms with Crippen molar-refractivity contribution in [2.45, 2.75) is 19.4 Å². The van der Waals surface area contributed by atoms with E-state index in [4.69, 9.17) is 4.74 Å². The molecule has 1 aromatic rings. The van der Waals surface area contributed by atoms with Crippen molar-refractivity contribution < 1.29 is 4.74 Å². The molecule has 1 heterocycles. The van der Waals surface area contributed by atoms with E-state index < -0.39 is 0 Å². The van der Waals surface area contributed by atoms with Crippen LogP contribution in [0.2, 0.25) is 0 Å². The Balaban J connectivity index is 2.37. The number of nitrogens with one attached hydrogen (secondary N) is 1. The number of anilines is 1. The minimum Gasteiger partial charge on any atom is -0.496 e. The van der Waals surface area contributed by atoms with Crippen LogP contribution in [0.15, 0.2) is 18.2 Å². The highest BCUT2D eigenvalue weighted by molar-refractivity contribution is 7.99. The quantitative estimate of drug-likeness (QED) is 0.916. The summed E-state index contributed by atoms with van der Waals surface area (Å²) in [4.78, 5) is 2.51. The number of hydrogen-bond donors (Lipinski definition) is 1. The van der Waals surface area contributed by atoms with Crippen LogP contribution in [0.4, 0.5) is 5.69 Å². The number of nitrogens with zero attached hydrogens (tertiary/aromatic N) is 1. The normalized spacial score (nSPS) is 17.9. The molecule has 1 unspecified atom stereocenters. The third-order valence-corrected chi connectivity index (χ3v) is 4.74. The largest absolute Gasteiger partial charge is 0.496 e. The highest BCUT2D eigenvalue weighted by Gasteiger charge is 2.19. The molecular formula is C15H24N2OS. The van der Waals surface area contributed by atoms with Crippen LogP contribution in [0.5, 0.6) is 5.75 Å². The second-order valence-corrected chi connectivity index (χ2v) is 6.08. The van der Waals surface area contributed by atoms with Crippen molar-refractivity contribution in [1.82, 2.24) is 5.32 Å². The van der Waals surface area contributed by atoms with E-state index in [1.54, 1.807) is 7.11 Å². The van der Waals surface area contributed by atoms with Gasteiger partial charge in [0, 0.05) is 36.1 Å². The van der Waals surface area contributed by atoms with Gasteiger partial charge >= 0.3 is 0 Å². The Morgan fingerprint density at radius 1 is 1.32 bits per heavy atom. The molecule has 1 aromatic carbocycles. The maximum Gasteiger partial charge on any atom is 0.125 e. The molecule has 19 heavy (non-hydrogen) atoms. The van der Waals surface area contributed by atoms with E-state index in [9.17, 15) is 0 Å². The van der Waals surface area contributed by atoms with Gasteiger partial charge in [0.15, 0.2) is 0 Å². The van der Waals surface area contributed by atoms with Crippen LogP contribution in [0.1, 0.15) is 24.9 Å². The number of hydrogen-bond acceptors (Lipinski definition) is 4. The summed E-state index contributed by atoms with van der Waals surface area (Å²) in [5.41, 5.74) is 2.60. The van der Waals surface area contributed by atoms with Crippen molar-refractivity contribution in [1.29, 1.82) is 0 Å². The van der Waals surface area contributed by atoms with E-state index in [-0.39, 0.29) is 0 Å². The summed E-state index contributed by atoms with van der Waals surface area (Å²) in [6.45, 7) is 4.46. The Morgan fingerprint density at radius 2 is 2.16 bits per heavy atom. The zero-order chi connectivity index (χ0) is 13.7. The summed E-state index contributed by atoms with van der Waals surface area (Å²) in [7, 11) is 3.75. The Hall–Kier alpha value is -0.870. The van der Waals surface area contributed by atoms with E-state index in [0.717, 1.165) is 18.8 Å². The molecule has 106 valence electrons. The summed E-state index contributed by atoms with van der Waals surface area (Å²) < 4.78 is 5.56. The minimum atomic E-state index is 0.294. The van der Waals surface area contributed by atoms with Gasteiger partial charge in [-0.05, 0) is 38.3 Å². The molecule has 1 aliphatic rings. The van der Waals surface area contributed by atoms with E-state index in [1.165, 1.54) is 29.2 Å². The summed E-state index contributed by atoms with van der Waals surface area (Å²) in [6, 6.07) is 6.67. The lowest BCUT2D eigenvalue weighted by Gasteiger charge is -2.28. The Morgan fingerprint density at radius 3 is 2.89 bits per heavy atom. The van der Waals surface area contributed by atoms with Crippen molar-refractivity contribution in [2.24, 2.45) is 0 Å². The minimum absolute atomic E-state index is 0.294. The molecule has 1 aliphatic heterocycles. The zero-order valence-electron chi connectivity index (χ0n) is 12.1. The van der Waals surface area contributed by atoms with E-state index >= 15 is 0 Å². The van der Waals surface area contributed by atoms with Crippen molar-refractivity contribution in [3.05, 3.63) is 23.8 Å². The molecule has 0 amide bonds. The monoisotopic (exact) mass is 280 g/mol. The standard InChI is InChI=1S/C15H24N2OS/c1-12(16-2)15-13(6-4-7-14(15)18-3)17-8-5-10-19-11-9-17/h4,6-7,12,16H,5,8-11H2,1-3H3. The molecular weight excluding hydrogens is 256 g/mol. The molecule has 1 saturated heterocycles. The third-order valence-electron chi connectivity index (χ3n) is 3.69. The average molecular weight is 280 g/mol. The molecule has 0 bridgehead atoms. The lowest BCUT2D eigenvalue weighted by Crippen LogP contribution is -2.28. The maximum absolute atomic E-state index is 5.56. The van der Waals surface area contributed by atoms with Crippen LogP contribution in [0, 0.1) is 0 Å². The first-order valence-corrected chi connectivity index (χ1v) is 8.10. The van der Waals surface area contributed by atoms with Gasteiger partial charge in [-0.15, -0.1) is 0 Å². The predicted molar refractivity (Wildman–Crippen MR) is 84.6 cm³/mol. The fourth-order valence-corrected chi connectivity index (χ4v) is 3.44. The van der Waals surface area contributed by atoms with E-state index in [2.05, 4.69) is 47.1 Å². The van der Waals surface area contributed by atoms with Gasteiger partial charge in [-0.2, -0.15) is 11.8 Å². The van der Waals surface area contributed by atoms with Crippen molar-refractivity contribution in [2.75, 3.05) is 43.7 Å². The third kappa shape index (κ3) is 3.37. The number of methoxy groups -OCH3 is 1. The van der Waals surface area contributed by atoms with Gasteiger partial charge in [-0.3, -0.25) is 0 Å². The summed E-state index contributed by atoms with van der Waals surface area (Å²) in [5.74, 6) is 3.47. The van der Waals surface area contributed by atoms with Crippen molar-refractivity contribution in [3.8, 4) is 5.75 Å². The number of benzene rings is 1. The van der Waals surface area contributed by atoms with Crippen LogP contribution in [0.3, 0.4) is 0 Å². The van der Waals surface area contributed by atoms with Gasteiger partial charge in [0.1, 0.15) is 5.75 Å². The summed E-state index contributed by atoms with van der Waals surface area (Å²) >= 11 is 2.06. The summed E-state index contributed by atoms with van der Waals surface area (Å²) in [6.07, 6.45) is 1.26. The first-order valence-electron chi connectivity index (χ1n) is 6.94. The lowest BCUT2D eigenvalue weighted by atomic mass is 10.0. The predicted octanol–water partition coefficient (Wildman–Crippen LogP) is 2.92. The molecule has 0 aliphatic carbocycles. The maximum atomic E-state index is 5.56. The van der Waals surface area contributed by atoms with Crippen LogP contribution in [-0.2, 0) is 0 Å². The van der Waals surface area contributed by atoms with Gasteiger partial charge in [0.2, 0.25) is 0 Å². The number of thioether (sulfide) groups is 1. The molecule has 0 radical (unpaired) electrons. The van der Waals surface area contributed by atoms with Crippen LogP contribution in [0.25, 0.3) is 0 Å². The smallest absolute Gasteiger partial charge is 0.125 e. The lowest BCUT2D eigenvalue weighted by molar-refractivity contribution is 0.404. The van der Waals surface area contributed by atoms with Gasteiger partial charge in [0.25, 0.3) is 0 Å². The van der Waals surface area contributed by atoms with Crippen LogP contribution >= 0.6 is 11.8 Å². The number of ether oxygens (including phenoxy) is 1. The van der Waals surface area contributed by atoms with Gasteiger partial charge in [-0.1, -0.05) is 6.07 Å². The van der Waals surface area contributed by atoms with Gasteiger partial charge in [-0.25, -0.2) is 0 Å². The second-order valence-electron chi connectivity index (χ2n) is 4.86. The molecule has 1 atom stereocenters. The molecule has 0 spiro atoms. The molecule has 4 heteroatoms. The van der Waals surface area contributed by atoms with E-state index in [1.807, 2.05) is 7.05 Å². The highest BCUT2D eigenvalue weighted by atomic mass is 32.2. The first kappa shape index (κ1) is 14.5. The first-order chi connectivity index (χ1) is 9.27. The molecule has 1 N–H and O–H groups in total. The Labute approximate surface area is 120 Å². The fraction of sp³-hybridized carbons (Fsp3) is 0.600. The second kappa shape index (κ2) is 7.06. The fourth-order valence-electron chi connectivity index (χ4n) is 2.55. The molecule has 0 saturated carbocycles.